The Morgan fingerprint density at radius 2 is 2.14 bits per heavy atom. The van der Waals surface area contributed by atoms with Crippen LogP contribution >= 0.6 is 0 Å². The molecule has 3 rings (SSSR count). The molecule has 4 heteroatoms. The van der Waals surface area contributed by atoms with Crippen LogP contribution in [0.15, 0.2) is 36.5 Å². The van der Waals surface area contributed by atoms with Crippen LogP contribution in [0.1, 0.15) is 25.8 Å². The van der Waals surface area contributed by atoms with E-state index in [0.29, 0.717) is 12.6 Å². The van der Waals surface area contributed by atoms with E-state index in [-0.39, 0.29) is 11.9 Å². The SMILES string of the molecule is CC(C)NC1CCN(Cc2cccc3cccnc23)C1=O. The summed E-state index contributed by atoms with van der Waals surface area (Å²) in [7, 11) is 0. The third-order valence-corrected chi connectivity index (χ3v) is 3.91. The number of aromatic nitrogens is 1. The molecule has 1 saturated heterocycles. The molecule has 1 aliphatic heterocycles. The quantitative estimate of drug-likeness (QED) is 0.936. The summed E-state index contributed by atoms with van der Waals surface area (Å²) in [6.45, 7) is 5.60. The fraction of sp³-hybridized carbons (Fsp3) is 0.412. The third-order valence-electron chi connectivity index (χ3n) is 3.91. The number of hydrogen-bond donors (Lipinski definition) is 1. The first kappa shape index (κ1) is 14.0. The highest BCUT2D eigenvalue weighted by molar-refractivity contribution is 5.85. The van der Waals surface area contributed by atoms with Crippen molar-refractivity contribution in [1.82, 2.24) is 15.2 Å². The minimum absolute atomic E-state index is 0.0343. The molecule has 1 amide bonds. The summed E-state index contributed by atoms with van der Waals surface area (Å²) < 4.78 is 0. The van der Waals surface area contributed by atoms with Crippen molar-refractivity contribution in [2.45, 2.75) is 38.9 Å². The van der Waals surface area contributed by atoms with E-state index in [1.807, 2.05) is 17.0 Å². The van der Waals surface area contributed by atoms with Gasteiger partial charge in [0.2, 0.25) is 5.91 Å². The molecule has 1 N–H and O–H groups in total. The predicted molar refractivity (Wildman–Crippen MR) is 83.8 cm³/mol. The van der Waals surface area contributed by atoms with Gasteiger partial charge < -0.3 is 10.2 Å². The molecule has 0 saturated carbocycles. The monoisotopic (exact) mass is 283 g/mol. The highest BCUT2D eigenvalue weighted by Crippen LogP contribution is 2.21. The van der Waals surface area contributed by atoms with Crippen molar-refractivity contribution in [3.8, 4) is 0 Å². The Morgan fingerprint density at radius 3 is 2.95 bits per heavy atom. The normalized spacial score (nSPS) is 18.9. The van der Waals surface area contributed by atoms with E-state index in [9.17, 15) is 4.79 Å². The van der Waals surface area contributed by atoms with Crippen LogP contribution in [0.4, 0.5) is 0 Å². The molecule has 2 heterocycles. The van der Waals surface area contributed by atoms with E-state index >= 15 is 0 Å². The van der Waals surface area contributed by atoms with Crippen LogP contribution < -0.4 is 5.32 Å². The van der Waals surface area contributed by atoms with Gasteiger partial charge in [-0.15, -0.1) is 0 Å². The average Bonchev–Trinajstić information content (AvgIpc) is 2.80. The predicted octanol–water partition coefficient (Wildman–Crippen LogP) is 2.33. The maximum absolute atomic E-state index is 12.4. The van der Waals surface area contributed by atoms with Crippen molar-refractivity contribution < 1.29 is 4.79 Å². The molecule has 1 fully saturated rings. The molecule has 0 aliphatic carbocycles. The second-order valence-electron chi connectivity index (χ2n) is 5.91. The first-order valence-electron chi connectivity index (χ1n) is 7.52. The second-order valence-corrected chi connectivity index (χ2v) is 5.91. The molecular weight excluding hydrogens is 262 g/mol. The fourth-order valence-electron chi connectivity index (χ4n) is 2.95. The number of fused-ring (bicyclic) bond motifs is 1. The molecule has 0 radical (unpaired) electrons. The molecule has 110 valence electrons. The van der Waals surface area contributed by atoms with Crippen molar-refractivity contribution in [3.05, 3.63) is 42.1 Å². The standard InChI is InChI=1S/C17H21N3O/c1-12(2)19-15-8-10-20(17(15)21)11-14-6-3-5-13-7-4-9-18-16(13)14/h3-7,9,12,15,19H,8,10-11H2,1-2H3. The third kappa shape index (κ3) is 2.90. The molecule has 0 bridgehead atoms. The van der Waals surface area contributed by atoms with Gasteiger partial charge in [-0.25, -0.2) is 0 Å². The fourth-order valence-corrected chi connectivity index (χ4v) is 2.95. The Bertz CT molecular complexity index is 648. The minimum Gasteiger partial charge on any atom is -0.337 e. The van der Waals surface area contributed by atoms with Gasteiger partial charge in [-0.05, 0) is 18.1 Å². The summed E-state index contributed by atoms with van der Waals surface area (Å²) >= 11 is 0. The first-order valence-corrected chi connectivity index (χ1v) is 7.52. The second kappa shape index (κ2) is 5.82. The number of carbonyl (C=O) groups is 1. The van der Waals surface area contributed by atoms with Gasteiger partial charge in [-0.3, -0.25) is 9.78 Å². The van der Waals surface area contributed by atoms with E-state index in [4.69, 9.17) is 0 Å². The lowest BCUT2D eigenvalue weighted by atomic mass is 10.1. The molecule has 0 spiro atoms. The van der Waals surface area contributed by atoms with Crippen LogP contribution in [0.3, 0.4) is 0 Å². The lowest BCUT2D eigenvalue weighted by Gasteiger charge is -2.19. The number of nitrogens with one attached hydrogen (secondary N) is 1. The Labute approximate surface area is 125 Å². The van der Waals surface area contributed by atoms with E-state index in [0.717, 1.165) is 29.4 Å². The Balaban J connectivity index is 1.79. The summed E-state index contributed by atoms with van der Waals surface area (Å²) in [5.74, 6) is 0.205. The van der Waals surface area contributed by atoms with Crippen LogP contribution in [0.25, 0.3) is 10.9 Å². The van der Waals surface area contributed by atoms with Crippen molar-refractivity contribution >= 4 is 16.8 Å². The van der Waals surface area contributed by atoms with Crippen LogP contribution in [0.5, 0.6) is 0 Å². The maximum atomic E-state index is 12.4. The summed E-state index contributed by atoms with van der Waals surface area (Å²) in [5.41, 5.74) is 2.11. The van der Waals surface area contributed by atoms with Gasteiger partial charge in [0.25, 0.3) is 0 Å². The smallest absolute Gasteiger partial charge is 0.240 e. The van der Waals surface area contributed by atoms with Crippen LogP contribution in [-0.4, -0.2) is 34.4 Å². The van der Waals surface area contributed by atoms with Gasteiger partial charge >= 0.3 is 0 Å². The van der Waals surface area contributed by atoms with Gasteiger partial charge in [-0.2, -0.15) is 0 Å². The molecule has 2 aromatic rings. The number of pyridine rings is 1. The van der Waals surface area contributed by atoms with Crippen LogP contribution in [0.2, 0.25) is 0 Å². The van der Waals surface area contributed by atoms with Gasteiger partial charge in [0, 0.05) is 30.7 Å². The topological polar surface area (TPSA) is 45.2 Å². The van der Waals surface area contributed by atoms with Gasteiger partial charge in [0.1, 0.15) is 0 Å². The highest BCUT2D eigenvalue weighted by atomic mass is 16.2. The zero-order valence-corrected chi connectivity index (χ0v) is 12.5. The highest BCUT2D eigenvalue weighted by Gasteiger charge is 2.31. The largest absolute Gasteiger partial charge is 0.337 e. The molecule has 1 aromatic carbocycles. The summed E-state index contributed by atoms with van der Waals surface area (Å²) in [5, 5.41) is 4.46. The van der Waals surface area contributed by atoms with Gasteiger partial charge in [0.05, 0.1) is 11.6 Å². The summed E-state index contributed by atoms with van der Waals surface area (Å²) in [6.07, 6.45) is 2.69. The number of amides is 1. The number of benzene rings is 1. The summed E-state index contributed by atoms with van der Waals surface area (Å²) in [6, 6.07) is 10.4. The van der Waals surface area contributed by atoms with Gasteiger partial charge in [0.15, 0.2) is 0 Å². The number of para-hydroxylation sites is 1. The van der Waals surface area contributed by atoms with E-state index in [2.05, 4.69) is 42.3 Å². The molecule has 21 heavy (non-hydrogen) atoms. The number of rotatable bonds is 4. The van der Waals surface area contributed by atoms with Gasteiger partial charge in [-0.1, -0.05) is 38.1 Å². The number of nitrogens with zero attached hydrogens (tertiary/aromatic N) is 2. The number of hydrogen-bond acceptors (Lipinski definition) is 3. The van der Waals surface area contributed by atoms with Crippen molar-refractivity contribution in [2.24, 2.45) is 0 Å². The Kier molecular flexibility index (Phi) is 3.88. The van der Waals surface area contributed by atoms with Crippen LogP contribution in [-0.2, 0) is 11.3 Å². The van der Waals surface area contributed by atoms with Crippen molar-refractivity contribution in [2.75, 3.05) is 6.54 Å². The van der Waals surface area contributed by atoms with Crippen LogP contribution in [0, 0.1) is 0 Å². The Hall–Kier alpha value is -1.94. The van der Waals surface area contributed by atoms with Crippen molar-refractivity contribution in [3.63, 3.8) is 0 Å². The number of likely N-dealkylation sites (tertiary alicyclic amines) is 1. The molecule has 1 aromatic heterocycles. The lowest BCUT2D eigenvalue weighted by molar-refractivity contribution is -0.130. The molecule has 1 aliphatic rings. The lowest BCUT2D eigenvalue weighted by Crippen LogP contribution is -2.41. The minimum atomic E-state index is -0.0343. The molecule has 4 nitrogen and oxygen atoms in total. The Morgan fingerprint density at radius 1 is 1.33 bits per heavy atom. The maximum Gasteiger partial charge on any atom is 0.240 e. The number of carbonyl (C=O) groups excluding carboxylic acids is 1. The molecular formula is C17H21N3O. The van der Waals surface area contributed by atoms with E-state index in [1.54, 1.807) is 6.20 Å². The molecule has 1 unspecified atom stereocenters. The first-order chi connectivity index (χ1) is 10.1. The molecule has 1 atom stereocenters. The van der Waals surface area contributed by atoms with E-state index in [1.165, 1.54) is 0 Å². The average molecular weight is 283 g/mol. The zero-order valence-electron chi connectivity index (χ0n) is 12.5. The van der Waals surface area contributed by atoms with E-state index < -0.39 is 0 Å². The summed E-state index contributed by atoms with van der Waals surface area (Å²) in [4.78, 5) is 18.8. The van der Waals surface area contributed by atoms with Crippen molar-refractivity contribution in [1.29, 1.82) is 0 Å². The zero-order chi connectivity index (χ0) is 14.8.